The Labute approximate surface area is 105 Å². The first-order valence-electron chi connectivity index (χ1n) is 6.51. The van der Waals surface area contributed by atoms with E-state index in [1.807, 2.05) is 0 Å². The Morgan fingerprint density at radius 2 is 1.94 bits per heavy atom. The van der Waals surface area contributed by atoms with Crippen LogP contribution in [0.1, 0.15) is 30.9 Å². The monoisotopic (exact) mass is 233 g/mol. The zero-order valence-corrected chi connectivity index (χ0v) is 11.2. The largest absolute Gasteiger partial charge is 0.370 e. The summed E-state index contributed by atoms with van der Waals surface area (Å²) in [6.07, 6.45) is 3.27. The molecule has 94 valence electrons. The lowest BCUT2D eigenvalue weighted by Gasteiger charge is -2.38. The zero-order valence-electron chi connectivity index (χ0n) is 11.2. The highest BCUT2D eigenvalue weighted by molar-refractivity contribution is 5.29. The molecule has 0 saturated carbocycles. The van der Waals surface area contributed by atoms with Crippen molar-refractivity contribution in [2.75, 3.05) is 20.6 Å². The maximum Gasteiger partial charge on any atom is 0.0736 e. The third kappa shape index (κ3) is 2.88. The Bertz CT molecular complexity index is 375. The third-order valence-corrected chi connectivity index (χ3v) is 3.82. The Kier molecular flexibility index (Phi) is 3.85. The molecule has 2 nitrogen and oxygen atoms in total. The second-order valence-corrected chi connectivity index (χ2v) is 5.32. The summed E-state index contributed by atoms with van der Waals surface area (Å²) in [5.74, 6) is 0. The van der Waals surface area contributed by atoms with Crippen LogP contribution in [0.15, 0.2) is 24.3 Å². The van der Waals surface area contributed by atoms with Gasteiger partial charge >= 0.3 is 0 Å². The zero-order chi connectivity index (χ0) is 12.3. The summed E-state index contributed by atoms with van der Waals surface area (Å²) < 4.78 is 6.16. The topological polar surface area (TPSA) is 12.5 Å². The molecule has 1 unspecified atom stereocenters. The van der Waals surface area contributed by atoms with Gasteiger partial charge in [0.1, 0.15) is 0 Å². The minimum Gasteiger partial charge on any atom is -0.370 e. The van der Waals surface area contributed by atoms with Crippen LogP contribution in [0.2, 0.25) is 0 Å². The van der Waals surface area contributed by atoms with Crippen molar-refractivity contribution in [3.8, 4) is 0 Å². The van der Waals surface area contributed by atoms with Crippen molar-refractivity contribution in [3.05, 3.63) is 35.4 Å². The lowest BCUT2D eigenvalue weighted by atomic mass is 9.84. The highest BCUT2D eigenvalue weighted by Gasteiger charge is 2.33. The van der Waals surface area contributed by atoms with E-state index in [0.717, 1.165) is 32.4 Å². The van der Waals surface area contributed by atoms with Crippen molar-refractivity contribution in [1.82, 2.24) is 4.90 Å². The van der Waals surface area contributed by atoms with Crippen LogP contribution in [0.25, 0.3) is 0 Å². The van der Waals surface area contributed by atoms with Gasteiger partial charge in [0.25, 0.3) is 0 Å². The number of benzene rings is 1. The van der Waals surface area contributed by atoms with Gasteiger partial charge in [0.05, 0.1) is 12.2 Å². The summed E-state index contributed by atoms with van der Waals surface area (Å²) in [6.45, 7) is 4.11. The van der Waals surface area contributed by atoms with Crippen LogP contribution in [-0.4, -0.2) is 31.1 Å². The predicted octanol–water partition coefficient (Wildman–Crippen LogP) is 2.86. The van der Waals surface area contributed by atoms with Gasteiger partial charge < -0.3 is 9.64 Å². The highest BCUT2D eigenvalue weighted by Crippen LogP contribution is 2.33. The molecule has 17 heavy (non-hydrogen) atoms. The van der Waals surface area contributed by atoms with Gasteiger partial charge in [-0.3, -0.25) is 0 Å². The van der Waals surface area contributed by atoms with Crippen LogP contribution >= 0.6 is 0 Å². The van der Waals surface area contributed by atoms with Gasteiger partial charge in [0.15, 0.2) is 0 Å². The van der Waals surface area contributed by atoms with Crippen molar-refractivity contribution >= 4 is 0 Å². The molecule has 0 spiro atoms. The summed E-state index contributed by atoms with van der Waals surface area (Å²) >= 11 is 0. The number of nitrogens with zero attached hydrogens (tertiary/aromatic N) is 1. The van der Waals surface area contributed by atoms with E-state index < -0.39 is 0 Å². The average molecular weight is 233 g/mol. The minimum absolute atomic E-state index is 0.0542. The molecule has 1 aliphatic heterocycles. The first kappa shape index (κ1) is 12.6. The lowest BCUT2D eigenvalue weighted by Crippen LogP contribution is -2.40. The minimum atomic E-state index is 0.0542. The Morgan fingerprint density at radius 1 is 1.24 bits per heavy atom. The first-order chi connectivity index (χ1) is 8.15. The molecule has 1 aromatic carbocycles. The second kappa shape index (κ2) is 5.19. The van der Waals surface area contributed by atoms with Crippen molar-refractivity contribution in [3.63, 3.8) is 0 Å². The molecular formula is C15H23NO. The van der Waals surface area contributed by atoms with E-state index >= 15 is 0 Å². The van der Waals surface area contributed by atoms with Gasteiger partial charge in [-0.1, -0.05) is 31.2 Å². The Morgan fingerprint density at radius 3 is 2.59 bits per heavy atom. The molecule has 0 fully saturated rings. The highest BCUT2D eigenvalue weighted by atomic mass is 16.5. The van der Waals surface area contributed by atoms with Gasteiger partial charge in [-0.05, 0) is 38.1 Å². The summed E-state index contributed by atoms with van der Waals surface area (Å²) in [5, 5.41) is 0. The summed E-state index contributed by atoms with van der Waals surface area (Å²) in [6, 6.07) is 8.66. The molecule has 0 aliphatic carbocycles. The third-order valence-electron chi connectivity index (χ3n) is 3.82. The fourth-order valence-corrected chi connectivity index (χ4v) is 2.49. The molecule has 1 atom stereocenters. The molecule has 1 aromatic rings. The van der Waals surface area contributed by atoms with Gasteiger partial charge in [-0.2, -0.15) is 0 Å². The van der Waals surface area contributed by atoms with Gasteiger partial charge in [-0.25, -0.2) is 0 Å². The van der Waals surface area contributed by atoms with Gasteiger partial charge in [0.2, 0.25) is 0 Å². The SMILES string of the molecule is CCC1(CCN(C)C)Cc2ccccc2CO1. The van der Waals surface area contributed by atoms with Crippen molar-refractivity contribution in [2.45, 2.75) is 38.4 Å². The van der Waals surface area contributed by atoms with E-state index in [2.05, 4.69) is 50.2 Å². The summed E-state index contributed by atoms with van der Waals surface area (Å²) in [4.78, 5) is 2.24. The van der Waals surface area contributed by atoms with E-state index in [4.69, 9.17) is 4.74 Å². The van der Waals surface area contributed by atoms with E-state index in [0.29, 0.717) is 0 Å². The standard InChI is InChI=1S/C15H23NO/c1-4-15(9-10-16(2)3)11-13-7-5-6-8-14(13)12-17-15/h5-8H,4,9-12H2,1-3H3. The van der Waals surface area contributed by atoms with Crippen LogP contribution in [0.3, 0.4) is 0 Å². The van der Waals surface area contributed by atoms with Gasteiger partial charge in [0, 0.05) is 13.0 Å². The van der Waals surface area contributed by atoms with Crippen LogP contribution < -0.4 is 0 Å². The summed E-state index contributed by atoms with van der Waals surface area (Å²) in [7, 11) is 4.25. The number of rotatable bonds is 4. The van der Waals surface area contributed by atoms with Crippen LogP contribution in [0, 0.1) is 0 Å². The molecule has 0 saturated heterocycles. The molecule has 1 aliphatic rings. The predicted molar refractivity (Wildman–Crippen MR) is 71.1 cm³/mol. The Hall–Kier alpha value is -0.860. The van der Waals surface area contributed by atoms with Crippen LogP contribution in [-0.2, 0) is 17.8 Å². The maximum atomic E-state index is 6.16. The van der Waals surface area contributed by atoms with Crippen LogP contribution in [0.4, 0.5) is 0 Å². The molecule has 0 aromatic heterocycles. The van der Waals surface area contributed by atoms with E-state index in [1.54, 1.807) is 0 Å². The van der Waals surface area contributed by atoms with Crippen molar-refractivity contribution in [1.29, 1.82) is 0 Å². The fourth-order valence-electron chi connectivity index (χ4n) is 2.49. The average Bonchev–Trinajstić information content (AvgIpc) is 2.36. The summed E-state index contributed by atoms with van der Waals surface area (Å²) in [5.41, 5.74) is 2.89. The first-order valence-corrected chi connectivity index (χ1v) is 6.51. The molecule has 0 radical (unpaired) electrons. The fraction of sp³-hybridized carbons (Fsp3) is 0.600. The molecule has 1 heterocycles. The number of hydrogen-bond donors (Lipinski definition) is 0. The smallest absolute Gasteiger partial charge is 0.0736 e. The van der Waals surface area contributed by atoms with Crippen molar-refractivity contribution in [2.24, 2.45) is 0 Å². The van der Waals surface area contributed by atoms with E-state index in [9.17, 15) is 0 Å². The molecule has 0 bridgehead atoms. The number of hydrogen-bond acceptors (Lipinski definition) is 2. The number of fused-ring (bicyclic) bond motifs is 1. The Balaban J connectivity index is 2.11. The molecule has 0 amide bonds. The normalized spacial score (nSPS) is 23.8. The quantitative estimate of drug-likeness (QED) is 0.793. The van der Waals surface area contributed by atoms with Crippen molar-refractivity contribution < 1.29 is 4.74 Å². The second-order valence-electron chi connectivity index (χ2n) is 5.32. The lowest BCUT2D eigenvalue weighted by molar-refractivity contribution is -0.0782. The molecule has 2 rings (SSSR count). The maximum absolute atomic E-state index is 6.16. The van der Waals surface area contributed by atoms with Gasteiger partial charge in [-0.15, -0.1) is 0 Å². The van der Waals surface area contributed by atoms with E-state index in [-0.39, 0.29) is 5.60 Å². The molecular weight excluding hydrogens is 210 g/mol. The molecule has 2 heteroatoms. The van der Waals surface area contributed by atoms with Crippen LogP contribution in [0.5, 0.6) is 0 Å². The number of ether oxygens (including phenoxy) is 1. The van der Waals surface area contributed by atoms with E-state index in [1.165, 1.54) is 11.1 Å². The molecule has 0 N–H and O–H groups in total.